The van der Waals surface area contributed by atoms with E-state index in [0.29, 0.717) is 18.2 Å². The fourth-order valence-corrected chi connectivity index (χ4v) is 5.66. The molecule has 2 atom stereocenters. The first kappa shape index (κ1) is 19.7. The van der Waals surface area contributed by atoms with E-state index in [0.717, 1.165) is 50.1 Å². The van der Waals surface area contributed by atoms with E-state index in [1.165, 1.54) is 18.5 Å². The number of aliphatic imine (C=N–C) groups is 1. The van der Waals surface area contributed by atoms with Crippen LogP contribution in [0.4, 0.5) is 5.95 Å². The molecule has 168 valence electrons. The minimum absolute atomic E-state index is 0.0221. The van der Waals surface area contributed by atoms with Crippen LogP contribution in [0, 0.1) is 5.92 Å². The van der Waals surface area contributed by atoms with Gasteiger partial charge in [0.2, 0.25) is 5.95 Å². The van der Waals surface area contributed by atoms with E-state index in [2.05, 4.69) is 43.4 Å². The van der Waals surface area contributed by atoms with Crippen LogP contribution in [0.3, 0.4) is 0 Å². The number of hydrogen-bond acceptors (Lipinski definition) is 7. The maximum absolute atomic E-state index is 12.6. The minimum atomic E-state index is -0.112. The summed E-state index contributed by atoms with van der Waals surface area (Å²) in [7, 11) is 0. The molecule has 0 bridgehead atoms. The third-order valence-corrected chi connectivity index (χ3v) is 7.42. The normalized spacial score (nSPS) is 26.8. The molecule has 6 rings (SSSR count). The van der Waals surface area contributed by atoms with Crippen LogP contribution in [0.15, 0.2) is 29.0 Å². The molecule has 4 aliphatic rings. The number of hydrogen-bond donors (Lipinski definition) is 3. The summed E-state index contributed by atoms with van der Waals surface area (Å²) in [6, 6.07) is 1.93. The number of anilines is 1. The molecule has 2 aromatic rings. The SMILES string of the molecule is CC1C=C(N2CCNCC2)C=NC1Nc1ncc2cc3n(c2n1)C1(CCCC1)CNC3=O. The van der Waals surface area contributed by atoms with Gasteiger partial charge in [-0.25, -0.2) is 4.98 Å². The van der Waals surface area contributed by atoms with Crippen molar-refractivity contribution in [1.29, 1.82) is 0 Å². The number of carbonyl (C=O) groups excluding carboxylic acids is 1. The molecule has 1 saturated carbocycles. The fraction of sp³-hybridized carbons (Fsp3) is 0.565. The average Bonchev–Trinajstić information content (AvgIpc) is 3.44. The zero-order chi connectivity index (χ0) is 21.7. The molecular weight excluding hydrogens is 404 g/mol. The van der Waals surface area contributed by atoms with Crippen molar-refractivity contribution < 1.29 is 4.79 Å². The summed E-state index contributed by atoms with van der Waals surface area (Å²) in [5, 5.41) is 10.8. The first-order valence-corrected chi connectivity index (χ1v) is 11.8. The molecule has 3 N–H and O–H groups in total. The maximum atomic E-state index is 12.6. The highest BCUT2D eigenvalue weighted by molar-refractivity contribution is 5.99. The molecule has 2 fully saturated rings. The van der Waals surface area contributed by atoms with Crippen LogP contribution in [0.2, 0.25) is 0 Å². The van der Waals surface area contributed by atoms with Crippen LogP contribution in [-0.4, -0.2) is 70.4 Å². The topological polar surface area (TPSA) is 99.5 Å². The highest BCUT2D eigenvalue weighted by Crippen LogP contribution is 2.41. The van der Waals surface area contributed by atoms with Crippen molar-refractivity contribution in [2.75, 3.05) is 38.0 Å². The number of nitrogens with one attached hydrogen (secondary N) is 3. The Kier molecular flexibility index (Phi) is 4.67. The lowest BCUT2D eigenvalue weighted by molar-refractivity contribution is 0.0876. The van der Waals surface area contributed by atoms with Gasteiger partial charge in [0, 0.05) is 56.4 Å². The summed E-state index contributed by atoms with van der Waals surface area (Å²) in [4.78, 5) is 29.2. The van der Waals surface area contributed by atoms with Gasteiger partial charge in [0.15, 0.2) is 0 Å². The molecule has 0 aromatic carbocycles. The third-order valence-electron chi connectivity index (χ3n) is 7.42. The van der Waals surface area contributed by atoms with Crippen LogP contribution in [0.5, 0.6) is 0 Å². The van der Waals surface area contributed by atoms with Crippen molar-refractivity contribution in [3.8, 4) is 0 Å². The van der Waals surface area contributed by atoms with E-state index >= 15 is 0 Å². The lowest BCUT2D eigenvalue weighted by Gasteiger charge is -2.37. The summed E-state index contributed by atoms with van der Waals surface area (Å²) in [6.45, 7) is 6.89. The predicted octanol–water partition coefficient (Wildman–Crippen LogP) is 1.69. The molecule has 9 heteroatoms. The first-order chi connectivity index (χ1) is 15.6. The highest BCUT2D eigenvalue weighted by Gasteiger charge is 2.42. The van der Waals surface area contributed by atoms with Gasteiger partial charge in [0.25, 0.3) is 5.91 Å². The summed E-state index contributed by atoms with van der Waals surface area (Å²) in [5.41, 5.74) is 2.68. The Balaban J connectivity index is 1.28. The number of fused-ring (bicyclic) bond motifs is 4. The lowest BCUT2D eigenvalue weighted by Crippen LogP contribution is -2.50. The van der Waals surface area contributed by atoms with Crippen molar-refractivity contribution >= 4 is 29.1 Å². The van der Waals surface area contributed by atoms with Crippen LogP contribution < -0.4 is 16.0 Å². The molecule has 2 unspecified atom stereocenters. The monoisotopic (exact) mass is 434 g/mol. The fourth-order valence-electron chi connectivity index (χ4n) is 5.66. The number of rotatable bonds is 3. The third kappa shape index (κ3) is 3.18. The van der Waals surface area contributed by atoms with E-state index in [4.69, 9.17) is 9.98 Å². The van der Waals surface area contributed by atoms with Crippen LogP contribution in [0.1, 0.15) is 43.1 Å². The van der Waals surface area contributed by atoms with Gasteiger partial charge in [0.1, 0.15) is 17.5 Å². The van der Waals surface area contributed by atoms with E-state index in [1.807, 2.05) is 18.5 Å². The van der Waals surface area contributed by atoms with Crippen molar-refractivity contribution in [2.24, 2.45) is 10.9 Å². The molecule has 1 spiro atoms. The highest BCUT2D eigenvalue weighted by atomic mass is 16.2. The molecule has 1 amide bonds. The van der Waals surface area contributed by atoms with E-state index in [1.54, 1.807) is 0 Å². The quantitative estimate of drug-likeness (QED) is 0.680. The Bertz CT molecular complexity index is 1110. The molecule has 9 nitrogen and oxygen atoms in total. The Labute approximate surface area is 187 Å². The van der Waals surface area contributed by atoms with Crippen molar-refractivity contribution in [3.63, 3.8) is 0 Å². The minimum Gasteiger partial charge on any atom is -0.368 e. The van der Waals surface area contributed by atoms with Gasteiger partial charge in [-0.05, 0) is 18.9 Å². The van der Waals surface area contributed by atoms with Crippen molar-refractivity contribution in [3.05, 3.63) is 29.7 Å². The van der Waals surface area contributed by atoms with Gasteiger partial charge < -0.3 is 25.4 Å². The number of carbonyl (C=O) groups is 1. The largest absolute Gasteiger partial charge is 0.368 e. The Hall–Kier alpha value is -2.94. The summed E-state index contributed by atoms with van der Waals surface area (Å²) in [5.74, 6) is 0.758. The van der Waals surface area contributed by atoms with Crippen molar-refractivity contribution in [2.45, 2.75) is 44.3 Å². The van der Waals surface area contributed by atoms with E-state index < -0.39 is 0 Å². The number of amides is 1. The number of nitrogens with zero attached hydrogens (tertiary/aromatic N) is 5. The molecule has 3 aliphatic heterocycles. The van der Waals surface area contributed by atoms with Gasteiger partial charge in [-0.2, -0.15) is 4.98 Å². The van der Waals surface area contributed by atoms with Gasteiger partial charge >= 0.3 is 0 Å². The second-order valence-corrected chi connectivity index (χ2v) is 9.51. The Morgan fingerprint density at radius 2 is 2.03 bits per heavy atom. The van der Waals surface area contributed by atoms with Gasteiger partial charge in [-0.15, -0.1) is 0 Å². The van der Waals surface area contributed by atoms with Crippen LogP contribution in [0.25, 0.3) is 11.0 Å². The molecule has 2 aromatic heterocycles. The number of aromatic nitrogens is 3. The number of dihydropyridines is 1. The number of allylic oxidation sites excluding steroid dienone is 1. The smallest absolute Gasteiger partial charge is 0.268 e. The molecule has 0 radical (unpaired) electrons. The second-order valence-electron chi connectivity index (χ2n) is 9.51. The number of piperazine rings is 1. The van der Waals surface area contributed by atoms with Gasteiger partial charge in [0.05, 0.1) is 11.2 Å². The van der Waals surface area contributed by atoms with E-state index in [9.17, 15) is 4.79 Å². The summed E-state index contributed by atoms with van der Waals surface area (Å²) < 4.78 is 2.19. The molecule has 5 heterocycles. The predicted molar refractivity (Wildman–Crippen MR) is 124 cm³/mol. The Morgan fingerprint density at radius 3 is 2.81 bits per heavy atom. The molecule has 1 aliphatic carbocycles. The molecular formula is C23H30N8O. The zero-order valence-electron chi connectivity index (χ0n) is 18.5. The van der Waals surface area contributed by atoms with Crippen LogP contribution >= 0.6 is 0 Å². The summed E-state index contributed by atoms with van der Waals surface area (Å²) >= 11 is 0. The van der Waals surface area contributed by atoms with Gasteiger partial charge in [-0.1, -0.05) is 25.8 Å². The second kappa shape index (κ2) is 7.58. The maximum Gasteiger partial charge on any atom is 0.268 e. The first-order valence-electron chi connectivity index (χ1n) is 11.8. The zero-order valence-corrected chi connectivity index (χ0v) is 18.5. The average molecular weight is 435 g/mol. The van der Waals surface area contributed by atoms with Crippen LogP contribution in [-0.2, 0) is 5.54 Å². The lowest BCUT2D eigenvalue weighted by atomic mass is 9.94. The van der Waals surface area contributed by atoms with Crippen molar-refractivity contribution in [1.82, 2.24) is 30.1 Å². The standard InChI is InChI=1S/C23H30N8O/c1-15-10-17(30-8-6-24-7-9-30)13-25-19(15)28-22-26-12-16-11-18-21(32)27-14-23(4-2-3-5-23)31(18)20(16)29-22/h10-13,15,19,24H,2-9,14H2,1H3,(H,27,32)(H,26,28,29). The molecule has 32 heavy (non-hydrogen) atoms. The summed E-state index contributed by atoms with van der Waals surface area (Å²) in [6.07, 6.45) is 10.5. The Morgan fingerprint density at radius 1 is 1.22 bits per heavy atom. The van der Waals surface area contributed by atoms with E-state index in [-0.39, 0.29) is 23.5 Å². The van der Waals surface area contributed by atoms with Gasteiger partial charge in [-0.3, -0.25) is 9.79 Å². The molecule has 1 saturated heterocycles.